The largest absolute Gasteiger partial charge is 0.476 e. The summed E-state index contributed by atoms with van der Waals surface area (Å²) in [6.45, 7) is 5.96. The number of aromatic carboxylic acids is 1. The van der Waals surface area contributed by atoms with Gasteiger partial charge in [0.05, 0.1) is 17.8 Å². The van der Waals surface area contributed by atoms with Crippen molar-refractivity contribution in [1.82, 2.24) is 15.3 Å². The molecule has 0 fully saturated rings. The monoisotopic (exact) mass is 294 g/mol. The van der Waals surface area contributed by atoms with Gasteiger partial charge in [-0.05, 0) is 0 Å². The van der Waals surface area contributed by atoms with Crippen LogP contribution in [0.1, 0.15) is 43.0 Å². The zero-order valence-electron chi connectivity index (χ0n) is 13.0. The third kappa shape index (κ3) is 4.14. The smallest absolute Gasteiger partial charge is 0.356 e. The molecule has 0 aliphatic carbocycles. The van der Waals surface area contributed by atoms with Gasteiger partial charge in [0.15, 0.2) is 5.69 Å². The molecule has 1 aromatic rings. The maximum atomic E-state index is 11.6. The number of carboxylic acids is 1. The van der Waals surface area contributed by atoms with E-state index in [9.17, 15) is 14.7 Å². The zero-order chi connectivity index (χ0) is 16.2. The Balaban J connectivity index is 3.06. The minimum atomic E-state index is -1.10. The molecular formula is C14H22N4O3. The number of rotatable bonds is 6. The molecule has 0 spiro atoms. The lowest BCUT2D eigenvalue weighted by Gasteiger charge is -2.23. The van der Waals surface area contributed by atoms with Gasteiger partial charge in [-0.1, -0.05) is 20.8 Å². The Morgan fingerprint density at radius 2 is 2.00 bits per heavy atom. The van der Waals surface area contributed by atoms with Crippen molar-refractivity contribution in [2.75, 3.05) is 25.5 Å². The second-order valence-electron chi connectivity index (χ2n) is 5.32. The third-order valence-electron chi connectivity index (χ3n) is 3.16. The molecule has 0 aromatic carbocycles. The van der Waals surface area contributed by atoms with Crippen LogP contribution in [0.2, 0.25) is 0 Å². The van der Waals surface area contributed by atoms with E-state index < -0.39 is 5.97 Å². The van der Waals surface area contributed by atoms with Crippen molar-refractivity contribution >= 4 is 17.6 Å². The van der Waals surface area contributed by atoms with E-state index in [0.717, 1.165) is 0 Å². The highest BCUT2D eigenvalue weighted by molar-refractivity contribution is 5.92. The molecule has 0 bridgehead atoms. The van der Waals surface area contributed by atoms with Crippen LogP contribution in [0.4, 0.5) is 5.69 Å². The van der Waals surface area contributed by atoms with Crippen LogP contribution in [-0.4, -0.2) is 47.6 Å². The molecule has 1 rings (SSSR count). The van der Waals surface area contributed by atoms with E-state index >= 15 is 0 Å². The summed E-state index contributed by atoms with van der Waals surface area (Å²) in [5.74, 6) is -0.935. The van der Waals surface area contributed by atoms with Gasteiger partial charge in [0, 0.05) is 26.6 Å². The van der Waals surface area contributed by atoms with Gasteiger partial charge in [-0.3, -0.25) is 4.79 Å². The minimum Gasteiger partial charge on any atom is -0.476 e. The van der Waals surface area contributed by atoms with Crippen molar-refractivity contribution in [3.63, 3.8) is 0 Å². The fourth-order valence-corrected chi connectivity index (χ4v) is 1.94. The molecule has 0 aliphatic rings. The summed E-state index contributed by atoms with van der Waals surface area (Å²) in [5, 5.41) is 11.9. The first-order valence-corrected chi connectivity index (χ1v) is 6.80. The van der Waals surface area contributed by atoms with Crippen molar-refractivity contribution in [1.29, 1.82) is 0 Å². The predicted molar refractivity (Wildman–Crippen MR) is 79.6 cm³/mol. The van der Waals surface area contributed by atoms with Crippen LogP contribution < -0.4 is 10.2 Å². The molecule has 0 saturated heterocycles. The second-order valence-corrected chi connectivity index (χ2v) is 5.32. The molecule has 1 unspecified atom stereocenters. The number of hydrogen-bond acceptors (Lipinski definition) is 5. The van der Waals surface area contributed by atoms with E-state index in [0.29, 0.717) is 18.1 Å². The summed E-state index contributed by atoms with van der Waals surface area (Å²) in [7, 11) is 3.29. The molecule has 1 aromatic heterocycles. The van der Waals surface area contributed by atoms with E-state index in [-0.39, 0.29) is 23.4 Å². The van der Waals surface area contributed by atoms with Crippen molar-refractivity contribution in [2.45, 2.75) is 26.7 Å². The van der Waals surface area contributed by atoms with Crippen LogP contribution in [0.3, 0.4) is 0 Å². The quantitative estimate of drug-likeness (QED) is 0.816. The highest BCUT2D eigenvalue weighted by atomic mass is 16.4. The number of carbonyl (C=O) groups excluding carboxylic acids is 1. The molecule has 7 heteroatoms. The summed E-state index contributed by atoms with van der Waals surface area (Å²) in [6.07, 6.45) is 1.50. The van der Waals surface area contributed by atoms with Crippen molar-refractivity contribution in [3.05, 3.63) is 17.7 Å². The van der Waals surface area contributed by atoms with E-state index in [2.05, 4.69) is 15.3 Å². The average Bonchev–Trinajstić information content (AvgIpc) is 2.45. The van der Waals surface area contributed by atoms with Gasteiger partial charge in [-0.25, -0.2) is 14.8 Å². The lowest BCUT2D eigenvalue weighted by molar-refractivity contribution is -0.123. The molecule has 1 heterocycles. The zero-order valence-corrected chi connectivity index (χ0v) is 13.0. The summed E-state index contributed by atoms with van der Waals surface area (Å²) >= 11 is 0. The van der Waals surface area contributed by atoms with Crippen LogP contribution in [0.25, 0.3) is 0 Å². The standard InChI is InChI=1S/C14H22N4O3/c1-8(2)12-16-6-10(11(17-12)14(20)21)18(5)7-9(3)13(19)15-4/h6,8-9H,7H2,1-5H3,(H,15,19)(H,20,21). The van der Waals surface area contributed by atoms with Crippen molar-refractivity contribution in [2.24, 2.45) is 5.92 Å². The maximum Gasteiger partial charge on any atom is 0.356 e. The lowest BCUT2D eigenvalue weighted by Crippen LogP contribution is -2.35. The Kier molecular flexibility index (Phi) is 5.63. The first-order chi connectivity index (χ1) is 9.77. The molecule has 0 aliphatic heterocycles. The highest BCUT2D eigenvalue weighted by Gasteiger charge is 2.21. The Morgan fingerprint density at radius 3 is 2.48 bits per heavy atom. The lowest BCUT2D eigenvalue weighted by atomic mass is 10.1. The molecule has 1 amide bonds. The molecule has 0 saturated carbocycles. The maximum absolute atomic E-state index is 11.6. The first kappa shape index (κ1) is 16.9. The average molecular weight is 294 g/mol. The molecule has 2 N–H and O–H groups in total. The van der Waals surface area contributed by atoms with Crippen molar-refractivity contribution < 1.29 is 14.7 Å². The Hall–Kier alpha value is -2.18. The number of anilines is 1. The van der Waals surface area contributed by atoms with E-state index in [1.165, 1.54) is 6.20 Å². The highest BCUT2D eigenvalue weighted by Crippen LogP contribution is 2.20. The summed E-state index contributed by atoms with van der Waals surface area (Å²) < 4.78 is 0. The molecule has 7 nitrogen and oxygen atoms in total. The van der Waals surface area contributed by atoms with Crippen LogP contribution in [0, 0.1) is 5.92 Å². The van der Waals surface area contributed by atoms with Gasteiger partial charge in [0.2, 0.25) is 5.91 Å². The first-order valence-electron chi connectivity index (χ1n) is 6.80. The van der Waals surface area contributed by atoms with Gasteiger partial charge in [-0.2, -0.15) is 0 Å². The topological polar surface area (TPSA) is 95.4 Å². The normalized spacial score (nSPS) is 12.1. The summed E-state index contributed by atoms with van der Waals surface area (Å²) in [5.41, 5.74) is 0.364. The molecule has 1 atom stereocenters. The summed E-state index contributed by atoms with van der Waals surface area (Å²) in [4.78, 5) is 32.9. The van der Waals surface area contributed by atoms with Crippen molar-refractivity contribution in [3.8, 4) is 0 Å². The van der Waals surface area contributed by atoms with Crippen LogP contribution in [-0.2, 0) is 4.79 Å². The van der Waals surface area contributed by atoms with Crippen LogP contribution in [0.15, 0.2) is 6.20 Å². The molecule has 0 radical (unpaired) electrons. The van der Waals surface area contributed by atoms with E-state index in [1.807, 2.05) is 13.8 Å². The number of carbonyl (C=O) groups is 2. The van der Waals surface area contributed by atoms with E-state index in [4.69, 9.17) is 0 Å². The summed E-state index contributed by atoms with van der Waals surface area (Å²) in [6, 6.07) is 0. The fourth-order valence-electron chi connectivity index (χ4n) is 1.94. The Morgan fingerprint density at radius 1 is 1.38 bits per heavy atom. The van der Waals surface area contributed by atoms with Crippen LogP contribution in [0.5, 0.6) is 0 Å². The Labute approximate surface area is 124 Å². The molecular weight excluding hydrogens is 272 g/mol. The van der Waals surface area contributed by atoms with Crippen LogP contribution >= 0.6 is 0 Å². The number of nitrogens with one attached hydrogen (secondary N) is 1. The van der Waals surface area contributed by atoms with Gasteiger partial charge in [0.25, 0.3) is 0 Å². The number of hydrogen-bond donors (Lipinski definition) is 2. The molecule has 116 valence electrons. The number of amides is 1. The molecule has 21 heavy (non-hydrogen) atoms. The fraction of sp³-hybridized carbons (Fsp3) is 0.571. The van der Waals surface area contributed by atoms with Gasteiger partial charge in [-0.15, -0.1) is 0 Å². The number of nitrogens with zero attached hydrogens (tertiary/aromatic N) is 3. The second kappa shape index (κ2) is 7.01. The van der Waals surface area contributed by atoms with Gasteiger partial charge < -0.3 is 15.3 Å². The Bertz CT molecular complexity index is 531. The van der Waals surface area contributed by atoms with Gasteiger partial charge in [0.1, 0.15) is 5.82 Å². The minimum absolute atomic E-state index is 0.0414. The predicted octanol–water partition coefficient (Wildman–Crippen LogP) is 1.12. The van der Waals surface area contributed by atoms with Gasteiger partial charge >= 0.3 is 5.97 Å². The SMILES string of the molecule is CNC(=O)C(C)CN(C)c1cnc(C(C)C)nc1C(=O)O. The number of carboxylic acid groups (broad SMARTS) is 1. The van der Waals surface area contributed by atoms with E-state index in [1.54, 1.807) is 25.9 Å². The third-order valence-corrected chi connectivity index (χ3v) is 3.16. The number of aromatic nitrogens is 2.